The predicted octanol–water partition coefficient (Wildman–Crippen LogP) is 1.73. The molecule has 2 fully saturated rings. The van der Waals surface area contributed by atoms with Crippen LogP contribution in [-0.4, -0.2) is 42.3 Å². The molecule has 1 aromatic rings. The lowest BCUT2D eigenvalue weighted by molar-refractivity contribution is -0.132. The van der Waals surface area contributed by atoms with E-state index in [1.54, 1.807) is 6.92 Å². The summed E-state index contributed by atoms with van der Waals surface area (Å²) in [5, 5.41) is 0. The van der Waals surface area contributed by atoms with E-state index in [-0.39, 0.29) is 29.2 Å². The molecular formula is C17H20N2O2. The van der Waals surface area contributed by atoms with Gasteiger partial charge in [-0.15, -0.1) is 0 Å². The largest absolute Gasteiger partial charge is 0.370 e. The normalized spacial score (nSPS) is 33.7. The highest BCUT2D eigenvalue weighted by molar-refractivity contribution is 5.86. The Morgan fingerprint density at radius 2 is 1.95 bits per heavy atom. The Labute approximate surface area is 124 Å². The van der Waals surface area contributed by atoms with Gasteiger partial charge in [0.05, 0.1) is 6.04 Å². The molecule has 1 amide bonds. The fraction of sp³-hybridized carbons (Fsp3) is 0.529. The number of rotatable bonds is 0. The van der Waals surface area contributed by atoms with Crippen LogP contribution in [0.25, 0.3) is 0 Å². The minimum Gasteiger partial charge on any atom is -0.370 e. The molecule has 21 heavy (non-hydrogen) atoms. The van der Waals surface area contributed by atoms with Crippen LogP contribution in [0, 0.1) is 0 Å². The Hall–Kier alpha value is -1.84. The van der Waals surface area contributed by atoms with Gasteiger partial charge in [-0.3, -0.25) is 9.59 Å². The summed E-state index contributed by atoms with van der Waals surface area (Å²) in [6, 6.07) is 8.70. The van der Waals surface area contributed by atoms with Crippen molar-refractivity contribution in [3.63, 3.8) is 0 Å². The summed E-state index contributed by atoms with van der Waals surface area (Å²) in [5.41, 5.74) is 2.51. The van der Waals surface area contributed by atoms with Crippen molar-refractivity contribution in [2.24, 2.45) is 0 Å². The van der Waals surface area contributed by atoms with Crippen LogP contribution in [0.3, 0.4) is 0 Å². The summed E-state index contributed by atoms with van der Waals surface area (Å²) in [7, 11) is 2.09. The molecule has 1 aliphatic carbocycles. The molecule has 110 valence electrons. The molecule has 3 atom stereocenters. The monoisotopic (exact) mass is 284 g/mol. The smallest absolute Gasteiger partial charge is 0.219 e. The van der Waals surface area contributed by atoms with Crippen LogP contribution in [0.4, 0.5) is 5.69 Å². The lowest BCUT2D eigenvalue weighted by atomic mass is 9.64. The zero-order chi connectivity index (χ0) is 14.8. The molecule has 1 aromatic carbocycles. The maximum Gasteiger partial charge on any atom is 0.219 e. The summed E-state index contributed by atoms with van der Waals surface area (Å²) in [6.45, 7) is 2.39. The molecular weight excluding hydrogens is 264 g/mol. The van der Waals surface area contributed by atoms with Gasteiger partial charge in [-0.25, -0.2) is 0 Å². The van der Waals surface area contributed by atoms with Gasteiger partial charge in [0.15, 0.2) is 0 Å². The van der Waals surface area contributed by atoms with E-state index in [1.807, 2.05) is 4.90 Å². The van der Waals surface area contributed by atoms with Crippen molar-refractivity contribution in [3.8, 4) is 0 Å². The van der Waals surface area contributed by atoms with E-state index in [0.717, 1.165) is 13.0 Å². The van der Waals surface area contributed by atoms with Crippen LogP contribution in [0.5, 0.6) is 0 Å². The first-order valence-electron chi connectivity index (χ1n) is 7.67. The number of likely N-dealkylation sites (N-methyl/N-ethyl adjacent to an activating group) is 1. The number of fused-ring (bicyclic) bond motifs is 1. The second kappa shape index (κ2) is 4.09. The van der Waals surface area contributed by atoms with Crippen molar-refractivity contribution >= 4 is 17.4 Å². The third-order valence-corrected chi connectivity index (χ3v) is 5.83. The van der Waals surface area contributed by atoms with E-state index in [0.29, 0.717) is 12.8 Å². The quantitative estimate of drug-likeness (QED) is 0.728. The Morgan fingerprint density at radius 3 is 2.71 bits per heavy atom. The molecule has 0 unspecified atom stereocenters. The van der Waals surface area contributed by atoms with Crippen LogP contribution in [0.2, 0.25) is 0 Å². The lowest BCUT2D eigenvalue weighted by Gasteiger charge is -2.44. The summed E-state index contributed by atoms with van der Waals surface area (Å²) in [6.07, 6.45) is 2.09. The van der Waals surface area contributed by atoms with Crippen molar-refractivity contribution < 1.29 is 9.59 Å². The number of likely N-dealkylation sites (tertiary alicyclic amines) is 1. The van der Waals surface area contributed by atoms with E-state index < -0.39 is 0 Å². The first kappa shape index (κ1) is 12.9. The molecule has 0 radical (unpaired) electrons. The van der Waals surface area contributed by atoms with Crippen LogP contribution in [0.1, 0.15) is 31.7 Å². The standard InChI is InChI=1S/C17H20N2O2/c1-11(20)19-8-7-17-13-5-3-4-6-14(13)18(2)15(17)9-12(21)10-16(17)19/h3-6,15-16H,7-10H2,1-2H3/t15-,16-,17+/m0/s1. The first-order chi connectivity index (χ1) is 10.1. The van der Waals surface area contributed by atoms with Crippen LogP contribution < -0.4 is 4.90 Å². The molecule has 0 N–H and O–H groups in total. The number of benzene rings is 1. The Balaban J connectivity index is 1.91. The van der Waals surface area contributed by atoms with Crippen LogP contribution >= 0.6 is 0 Å². The van der Waals surface area contributed by atoms with Crippen molar-refractivity contribution in [2.45, 2.75) is 43.7 Å². The van der Waals surface area contributed by atoms with E-state index in [1.165, 1.54) is 11.3 Å². The average molecular weight is 284 g/mol. The van der Waals surface area contributed by atoms with Gasteiger partial charge in [-0.1, -0.05) is 18.2 Å². The fourth-order valence-electron chi connectivity index (χ4n) is 4.98. The Bertz CT molecular complexity index is 641. The van der Waals surface area contributed by atoms with Gasteiger partial charge in [0.1, 0.15) is 5.78 Å². The van der Waals surface area contributed by atoms with Gasteiger partial charge in [-0.05, 0) is 18.1 Å². The number of Topliss-reactive ketones (excluding diaryl/α,β-unsaturated/α-hetero) is 1. The topological polar surface area (TPSA) is 40.6 Å². The highest BCUT2D eigenvalue weighted by atomic mass is 16.2. The van der Waals surface area contributed by atoms with E-state index in [4.69, 9.17) is 0 Å². The number of amides is 1. The minimum atomic E-state index is -0.0507. The lowest BCUT2D eigenvalue weighted by Crippen LogP contribution is -2.57. The highest BCUT2D eigenvalue weighted by Crippen LogP contribution is 2.56. The van der Waals surface area contributed by atoms with Gasteiger partial charge in [0.25, 0.3) is 0 Å². The number of nitrogens with zero attached hydrogens (tertiary/aromatic N) is 2. The zero-order valence-corrected chi connectivity index (χ0v) is 12.5. The number of carbonyl (C=O) groups excluding carboxylic acids is 2. The van der Waals surface area contributed by atoms with Gasteiger partial charge in [0.2, 0.25) is 5.91 Å². The van der Waals surface area contributed by atoms with Gasteiger partial charge in [-0.2, -0.15) is 0 Å². The maximum atomic E-state index is 12.2. The summed E-state index contributed by atoms with van der Waals surface area (Å²) in [5.74, 6) is 0.380. The molecule has 3 aliphatic rings. The zero-order valence-electron chi connectivity index (χ0n) is 12.5. The molecule has 1 saturated heterocycles. The molecule has 1 spiro atoms. The molecule has 4 rings (SSSR count). The van der Waals surface area contributed by atoms with E-state index >= 15 is 0 Å². The molecule has 1 saturated carbocycles. The summed E-state index contributed by atoms with van der Waals surface area (Å²) >= 11 is 0. The van der Waals surface area contributed by atoms with Gasteiger partial charge < -0.3 is 9.80 Å². The number of anilines is 1. The van der Waals surface area contributed by atoms with Crippen LogP contribution in [0.15, 0.2) is 24.3 Å². The number of para-hydroxylation sites is 1. The summed E-state index contributed by atoms with van der Waals surface area (Å²) < 4.78 is 0. The Kier molecular flexibility index (Phi) is 2.51. The van der Waals surface area contributed by atoms with E-state index in [2.05, 4.69) is 36.2 Å². The molecule has 4 heteroatoms. The fourth-order valence-corrected chi connectivity index (χ4v) is 4.98. The number of carbonyl (C=O) groups is 2. The van der Waals surface area contributed by atoms with Crippen molar-refractivity contribution in [2.75, 3.05) is 18.5 Å². The Morgan fingerprint density at radius 1 is 1.24 bits per heavy atom. The molecule has 2 heterocycles. The molecule has 4 nitrogen and oxygen atoms in total. The van der Waals surface area contributed by atoms with Crippen molar-refractivity contribution in [1.29, 1.82) is 0 Å². The summed E-state index contributed by atoms with van der Waals surface area (Å²) in [4.78, 5) is 28.4. The SMILES string of the molecule is CC(=O)N1CC[C@@]23c4ccccc4N(C)[C@H]2CC(=O)C[C@H]13. The minimum absolute atomic E-state index is 0.0346. The first-order valence-corrected chi connectivity index (χ1v) is 7.67. The van der Waals surface area contributed by atoms with Crippen LogP contribution in [-0.2, 0) is 15.0 Å². The molecule has 0 bridgehead atoms. The third-order valence-electron chi connectivity index (χ3n) is 5.83. The maximum absolute atomic E-state index is 12.2. The van der Waals surface area contributed by atoms with Crippen molar-refractivity contribution in [3.05, 3.63) is 29.8 Å². The van der Waals surface area contributed by atoms with Gasteiger partial charge in [0, 0.05) is 50.5 Å². The second-order valence-corrected chi connectivity index (χ2v) is 6.61. The second-order valence-electron chi connectivity index (χ2n) is 6.61. The number of hydrogen-bond acceptors (Lipinski definition) is 3. The predicted molar refractivity (Wildman–Crippen MR) is 80.3 cm³/mol. The molecule has 2 aliphatic heterocycles. The number of hydrogen-bond donors (Lipinski definition) is 0. The molecule has 0 aromatic heterocycles. The highest BCUT2D eigenvalue weighted by Gasteiger charge is 2.62. The van der Waals surface area contributed by atoms with E-state index in [9.17, 15) is 9.59 Å². The third kappa shape index (κ3) is 1.45. The number of ketones is 1. The van der Waals surface area contributed by atoms with Gasteiger partial charge >= 0.3 is 0 Å². The average Bonchev–Trinajstić information content (AvgIpc) is 2.95. The van der Waals surface area contributed by atoms with Crippen molar-refractivity contribution in [1.82, 2.24) is 4.90 Å².